The monoisotopic (exact) mass is 282 g/mol. The first-order valence-corrected chi connectivity index (χ1v) is 7.09. The molecule has 2 nitrogen and oxygen atoms in total. The van der Waals surface area contributed by atoms with Crippen LogP contribution in [0.1, 0.15) is 24.0 Å². The number of benzene rings is 2. The van der Waals surface area contributed by atoms with Gasteiger partial charge >= 0.3 is 0 Å². The van der Waals surface area contributed by atoms with Crippen molar-refractivity contribution >= 4 is 0 Å². The minimum Gasteiger partial charge on any atom is -0.493 e. The summed E-state index contributed by atoms with van der Waals surface area (Å²) in [6.45, 7) is 6.43. The Labute approximate surface area is 127 Å². The van der Waals surface area contributed by atoms with Gasteiger partial charge in [0.25, 0.3) is 0 Å². The SMILES string of the molecule is C=C(Cc1ccccc1)C(C)c1ccc(OC)c(OC)c1. The maximum atomic E-state index is 5.37. The van der Waals surface area contributed by atoms with Gasteiger partial charge in [0.2, 0.25) is 0 Å². The average Bonchev–Trinajstić information content (AvgIpc) is 2.54. The maximum absolute atomic E-state index is 5.37. The standard InChI is InChI=1S/C19H22O2/c1-14(12-16-8-6-5-7-9-16)15(2)17-10-11-18(20-3)19(13-17)21-4/h5-11,13,15H,1,12H2,2-4H3. The molecule has 0 saturated carbocycles. The molecule has 1 unspecified atom stereocenters. The molecule has 2 heteroatoms. The number of hydrogen-bond acceptors (Lipinski definition) is 2. The van der Waals surface area contributed by atoms with E-state index >= 15 is 0 Å². The molecule has 0 spiro atoms. The van der Waals surface area contributed by atoms with Crippen molar-refractivity contribution < 1.29 is 9.47 Å². The van der Waals surface area contributed by atoms with Crippen LogP contribution in [0.5, 0.6) is 11.5 Å². The van der Waals surface area contributed by atoms with Crippen molar-refractivity contribution in [1.29, 1.82) is 0 Å². The number of hydrogen-bond donors (Lipinski definition) is 0. The highest BCUT2D eigenvalue weighted by atomic mass is 16.5. The van der Waals surface area contributed by atoms with Crippen LogP contribution >= 0.6 is 0 Å². The van der Waals surface area contributed by atoms with Gasteiger partial charge in [0, 0.05) is 5.92 Å². The Morgan fingerprint density at radius 3 is 2.29 bits per heavy atom. The zero-order chi connectivity index (χ0) is 15.2. The normalized spacial score (nSPS) is 11.8. The molecule has 0 aliphatic rings. The van der Waals surface area contributed by atoms with E-state index in [4.69, 9.17) is 9.47 Å². The largest absolute Gasteiger partial charge is 0.493 e. The van der Waals surface area contributed by atoms with Gasteiger partial charge in [-0.25, -0.2) is 0 Å². The van der Waals surface area contributed by atoms with E-state index in [1.807, 2.05) is 18.2 Å². The van der Waals surface area contributed by atoms with Crippen molar-refractivity contribution in [2.75, 3.05) is 14.2 Å². The Balaban J connectivity index is 2.15. The molecule has 0 aliphatic heterocycles. The lowest BCUT2D eigenvalue weighted by Crippen LogP contribution is -2.01. The summed E-state index contributed by atoms with van der Waals surface area (Å²) in [5.74, 6) is 1.78. The third kappa shape index (κ3) is 3.66. The molecular weight excluding hydrogens is 260 g/mol. The van der Waals surface area contributed by atoms with Gasteiger partial charge < -0.3 is 9.47 Å². The summed E-state index contributed by atoms with van der Waals surface area (Å²) in [4.78, 5) is 0. The zero-order valence-corrected chi connectivity index (χ0v) is 12.9. The van der Waals surface area contributed by atoms with E-state index < -0.39 is 0 Å². The van der Waals surface area contributed by atoms with Gasteiger partial charge in [-0.05, 0) is 29.7 Å². The van der Waals surface area contributed by atoms with Crippen molar-refractivity contribution in [2.24, 2.45) is 0 Å². The van der Waals surface area contributed by atoms with Crippen LogP contribution in [0.15, 0.2) is 60.7 Å². The second-order valence-corrected chi connectivity index (χ2v) is 5.16. The molecule has 2 rings (SSSR count). The average molecular weight is 282 g/mol. The van der Waals surface area contributed by atoms with E-state index in [1.54, 1.807) is 14.2 Å². The molecular formula is C19H22O2. The molecule has 0 N–H and O–H groups in total. The molecule has 0 radical (unpaired) electrons. The van der Waals surface area contributed by atoms with Gasteiger partial charge in [-0.1, -0.05) is 55.5 Å². The van der Waals surface area contributed by atoms with E-state index in [1.165, 1.54) is 16.7 Å². The van der Waals surface area contributed by atoms with Crippen molar-refractivity contribution in [3.63, 3.8) is 0 Å². The molecule has 0 saturated heterocycles. The molecule has 0 heterocycles. The third-order valence-corrected chi connectivity index (χ3v) is 3.79. The lowest BCUT2D eigenvalue weighted by Gasteiger charge is -2.17. The Morgan fingerprint density at radius 1 is 1.00 bits per heavy atom. The van der Waals surface area contributed by atoms with Crippen LogP contribution in [0, 0.1) is 0 Å². The summed E-state index contributed by atoms with van der Waals surface area (Å²) >= 11 is 0. The molecule has 0 fully saturated rings. The van der Waals surface area contributed by atoms with E-state index in [9.17, 15) is 0 Å². The molecule has 2 aromatic rings. The van der Waals surface area contributed by atoms with E-state index in [0.717, 1.165) is 17.9 Å². The summed E-state index contributed by atoms with van der Waals surface area (Å²) in [6, 6.07) is 16.5. The van der Waals surface area contributed by atoms with Gasteiger partial charge in [0.15, 0.2) is 11.5 Å². The molecule has 0 bridgehead atoms. The van der Waals surface area contributed by atoms with Gasteiger partial charge in [0.05, 0.1) is 14.2 Å². The van der Waals surface area contributed by atoms with Crippen molar-refractivity contribution in [3.05, 3.63) is 71.8 Å². The fraction of sp³-hybridized carbons (Fsp3) is 0.263. The predicted molar refractivity (Wildman–Crippen MR) is 87.2 cm³/mol. The molecule has 21 heavy (non-hydrogen) atoms. The highest BCUT2D eigenvalue weighted by Crippen LogP contribution is 2.33. The minimum atomic E-state index is 0.269. The van der Waals surface area contributed by atoms with Crippen LogP contribution in [0.3, 0.4) is 0 Å². The summed E-state index contributed by atoms with van der Waals surface area (Å²) in [7, 11) is 3.31. The highest BCUT2D eigenvalue weighted by Gasteiger charge is 2.13. The summed E-state index contributed by atoms with van der Waals surface area (Å²) in [5.41, 5.74) is 3.66. The van der Waals surface area contributed by atoms with E-state index in [-0.39, 0.29) is 5.92 Å². The Kier molecular flexibility index (Phi) is 5.04. The highest BCUT2D eigenvalue weighted by molar-refractivity contribution is 5.45. The topological polar surface area (TPSA) is 18.5 Å². The Morgan fingerprint density at radius 2 is 1.67 bits per heavy atom. The van der Waals surface area contributed by atoms with Crippen molar-refractivity contribution in [2.45, 2.75) is 19.3 Å². The van der Waals surface area contributed by atoms with Crippen LogP contribution in [0.2, 0.25) is 0 Å². The van der Waals surface area contributed by atoms with Crippen LogP contribution in [0.4, 0.5) is 0 Å². The van der Waals surface area contributed by atoms with Gasteiger partial charge in [0.1, 0.15) is 0 Å². The van der Waals surface area contributed by atoms with Gasteiger partial charge in [-0.15, -0.1) is 0 Å². The first-order valence-electron chi connectivity index (χ1n) is 7.09. The third-order valence-electron chi connectivity index (χ3n) is 3.79. The number of methoxy groups -OCH3 is 2. The number of allylic oxidation sites excluding steroid dienone is 1. The molecule has 2 aromatic carbocycles. The van der Waals surface area contributed by atoms with E-state index in [0.29, 0.717) is 0 Å². The Bertz CT molecular complexity index is 602. The van der Waals surface area contributed by atoms with Gasteiger partial charge in [-0.3, -0.25) is 0 Å². The molecule has 0 aliphatic carbocycles. The van der Waals surface area contributed by atoms with E-state index in [2.05, 4.69) is 43.8 Å². The van der Waals surface area contributed by atoms with Crippen molar-refractivity contribution in [3.8, 4) is 11.5 Å². The van der Waals surface area contributed by atoms with Crippen molar-refractivity contribution in [1.82, 2.24) is 0 Å². The van der Waals surface area contributed by atoms with Crippen LogP contribution in [-0.2, 0) is 6.42 Å². The molecule has 1 atom stereocenters. The first kappa shape index (κ1) is 15.2. The maximum Gasteiger partial charge on any atom is 0.161 e. The Hall–Kier alpha value is -2.22. The minimum absolute atomic E-state index is 0.269. The molecule has 110 valence electrons. The van der Waals surface area contributed by atoms with Gasteiger partial charge in [-0.2, -0.15) is 0 Å². The lowest BCUT2D eigenvalue weighted by molar-refractivity contribution is 0.354. The smallest absolute Gasteiger partial charge is 0.161 e. The molecule has 0 aromatic heterocycles. The summed E-state index contributed by atoms with van der Waals surface area (Å²) in [6.07, 6.45) is 0.885. The fourth-order valence-electron chi connectivity index (χ4n) is 2.37. The quantitative estimate of drug-likeness (QED) is 0.720. The van der Waals surface area contributed by atoms with Crippen LogP contribution in [-0.4, -0.2) is 14.2 Å². The zero-order valence-electron chi connectivity index (χ0n) is 12.9. The first-order chi connectivity index (χ1) is 10.2. The molecule has 0 amide bonds. The lowest BCUT2D eigenvalue weighted by atomic mass is 9.89. The predicted octanol–water partition coefficient (Wildman–Crippen LogP) is 4.61. The fourth-order valence-corrected chi connectivity index (χ4v) is 2.37. The van der Waals surface area contributed by atoms with Crippen LogP contribution < -0.4 is 9.47 Å². The summed E-state index contributed by atoms with van der Waals surface area (Å²) < 4.78 is 10.7. The second-order valence-electron chi connectivity index (χ2n) is 5.16. The summed E-state index contributed by atoms with van der Waals surface area (Å²) in [5, 5.41) is 0. The number of rotatable bonds is 6. The number of ether oxygens (including phenoxy) is 2. The van der Waals surface area contributed by atoms with Crippen LogP contribution in [0.25, 0.3) is 0 Å². The second kappa shape index (κ2) is 6.98.